The van der Waals surface area contributed by atoms with E-state index < -0.39 is 6.04 Å². The van der Waals surface area contributed by atoms with Crippen LogP contribution in [0.2, 0.25) is 0 Å². The number of aromatic nitrogens is 1. The Morgan fingerprint density at radius 2 is 2.11 bits per heavy atom. The minimum atomic E-state index is -0.540. The quantitative estimate of drug-likeness (QED) is 0.598. The fourth-order valence-corrected chi connectivity index (χ4v) is 2.36. The van der Waals surface area contributed by atoms with Crippen molar-refractivity contribution in [2.24, 2.45) is 5.84 Å². The van der Waals surface area contributed by atoms with Gasteiger partial charge in [-0.05, 0) is 30.7 Å². The molecule has 4 nitrogen and oxygen atoms in total. The lowest BCUT2D eigenvalue weighted by atomic mass is 9.96. The number of nitrogens with two attached hydrogens (primary N) is 2. The van der Waals surface area contributed by atoms with Crippen molar-refractivity contribution in [2.45, 2.75) is 13.0 Å². The van der Waals surface area contributed by atoms with Crippen LogP contribution in [0.5, 0.6) is 0 Å². The largest absolute Gasteiger partial charge is 0.383 e. The van der Waals surface area contributed by atoms with Crippen LogP contribution in [0.25, 0.3) is 0 Å². The van der Waals surface area contributed by atoms with E-state index >= 15 is 0 Å². The number of pyridine rings is 1. The first-order valence-electron chi connectivity index (χ1n) is 5.66. The van der Waals surface area contributed by atoms with Crippen LogP contribution in [0.15, 0.2) is 34.9 Å². The van der Waals surface area contributed by atoms with Gasteiger partial charge in [0.2, 0.25) is 0 Å². The van der Waals surface area contributed by atoms with Crippen molar-refractivity contribution in [1.82, 2.24) is 10.4 Å². The van der Waals surface area contributed by atoms with Crippen LogP contribution in [0.1, 0.15) is 22.7 Å². The number of anilines is 1. The van der Waals surface area contributed by atoms with Crippen LogP contribution in [0, 0.1) is 12.7 Å². The Morgan fingerprint density at radius 1 is 1.37 bits per heavy atom. The van der Waals surface area contributed by atoms with Crippen LogP contribution >= 0.6 is 15.9 Å². The molecule has 5 N–H and O–H groups in total. The van der Waals surface area contributed by atoms with Crippen molar-refractivity contribution in [1.29, 1.82) is 0 Å². The normalized spacial score (nSPS) is 12.4. The Hall–Kier alpha value is -1.50. The molecule has 2 aromatic rings. The first-order chi connectivity index (χ1) is 9.04. The van der Waals surface area contributed by atoms with Crippen LogP contribution < -0.4 is 17.0 Å². The van der Waals surface area contributed by atoms with Gasteiger partial charge in [-0.1, -0.05) is 22.0 Å². The smallest absolute Gasteiger partial charge is 0.129 e. The van der Waals surface area contributed by atoms with E-state index in [1.165, 1.54) is 6.07 Å². The van der Waals surface area contributed by atoms with Gasteiger partial charge in [0.25, 0.3) is 0 Å². The monoisotopic (exact) mass is 324 g/mol. The number of nitrogens with zero attached hydrogens (tertiary/aromatic N) is 1. The fourth-order valence-electron chi connectivity index (χ4n) is 2.03. The van der Waals surface area contributed by atoms with Gasteiger partial charge in [-0.15, -0.1) is 0 Å². The summed E-state index contributed by atoms with van der Waals surface area (Å²) >= 11 is 3.22. The number of nitrogens with one attached hydrogen (secondary N) is 1. The average molecular weight is 325 g/mol. The van der Waals surface area contributed by atoms with E-state index in [2.05, 4.69) is 26.3 Å². The summed E-state index contributed by atoms with van der Waals surface area (Å²) in [6.07, 6.45) is 1.61. The third-order valence-corrected chi connectivity index (χ3v) is 3.46. The molecule has 0 bridgehead atoms. The lowest BCUT2D eigenvalue weighted by Crippen LogP contribution is -2.31. The molecule has 1 aromatic carbocycles. The number of hydrogen-bond acceptors (Lipinski definition) is 4. The number of halogens is 2. The second kappa shape index (κ2) is 5.64. The molecule has 1 unspecified atom stereocenters. The molecule has 19 heavy (non-hydrogen) atoms. The standard InChI is InChI=1S/C13H14BrFN4/c1-7-4-5-18-13(16)11(7)12(19-17)9-3-2-8(14)6-10(9)15/h2-6,12,19H,17H2,1H3,(H2,16,18). The highest BCUT2D eigenvalue weighted by Gasteiger charge is 2.21. The Labute approximate surface area is 119 Å². The zero-order valence-corrected chi connectivity index (χ0v) is 11.9. The molecular formula is C13H14BrFN4. The Morgan fingerprint density at radius 3 is 2.68 bits per heavy atom. The van der Waals surface area contributed by atoms with E-state index in [9.17, 15) is 4.39 Å². The molecule has 1 atom stereocenters. The van der Waals surface area contributed by atoms with E-state index in [4.69, 9.17) is 11.6 Å². The fraction of sp³-hybridized carbons (Fsp3) is 0.154. The number of benzene rings is 1. The summed E-state index contributed by atoms with van der Waals surface area (Å²) in [6.45, 7) is 1.88. The topological polar surface area (TPSA) is 77.0 Å². The van der Waals surface area contributed by atoms with Crippen molar-refractivity contribution >= 4 is 21.7 Å². The lowest BCUT2D eigenvalue weighted by molar-refractivity contribution is 0.558. The summed E-state index contributed by atoms with van der Waals surface area (Å²) in [6, 6.07) is 6.08. The molecule has 2 rings (SSSR count). The van der Waals surface area contributed by atoms with Gasteiger partial charge in [0.05, 0.1) is 6.04 Å². The lowest BCUT2D eigenvalue weighted by Gasteiger charge is -2.20. The molecule has 0 spiro atoms. The molecular weight excluding hydrogens is 311 g/mol. The van der Waals surface area contributed by atoms with Crippen LogP contribution in [-0.4, -0.2) is 4.98 Å². The van der Waals surface area contributed by atoms with Crippen molar-refractivity contribution in [3.63, 3.8) is 0 Å². The second-order valence-electron chi connectivity index (χ2n) is 4.19. The summed E-state index contributed by atoms with van der Waals surface area (Å²) in [5.41, 5.74) is 10.5. The zero-order valence-electron chi connectivity index (χ0n) is 10.3. The number of nitrogen functional groups attached to an aromatic ring is 1. The van der Waals surface area contributed by atoms with E-state index in [1.807, 2.05) is 13.0 Å². The molecule has 0 radical (unpaired) electrons. The van der Waals surface area contributed by atoms with Crippen molar-refractivity contribution in [3.05, 3.63) is 57.4 Å². The maximum Gasteiger partial charge on any atom is 0.129 e. The van der Waals surface area contributed by atoms with Gasteiger partial charge in [0.15, 0.2) is 0 Å². The number of aryl methyl sites for hydroxylation is 1. The third-order valence-electron chi connectivity index (χ3n) is 2.97. The predicted octanol–water partition coefficient (Wildman–Crippen LogP) is 2.43. The van der Waals surface area contributed by atoms with Crippen LogP contribution in [0.3, 0.4) is 0 Å². The molecule has 0 amide bonds. The molecule has 1 aromatic heterocycles. The highest BCUT2D eigenvalue weighted by Crippen LogP contribution is 2.30. The molecule has 100 valence electrons. The molecule has 0 saturated heterocycles. The van der Waals surface area contributed by atoms with E-state index in [1.54, 1.807) is 18.3 Å². The minimum absolute atomic E-state index is 0.338. The van der Waals surface area contributed by atoms with Gasteiger partial charge in [-0.2, -0.15) is 0 Å². The summed E-state index contributed by atoms with van der Waals surface area (Å²) in [5, 5.41) is 0. The first kappa shape index (κ1) is 13.9. The number of hydrazine groups is 1. The van der Waals surface area contributed by atoms with Crippen LogP contribution in [0.4, 0.5) is 10.2 Å². The van der Waals surface area contributed by atoms with Gasteiger partial charge >= 0.3 is 0 Å². The maximum absolute atomic E-state index is 14.0. The Bertz CT molecular complexity index is 583. The first-order valence-corrected chi connectivity index (χ1v) is 6.46. The highest BCUT2D eigenvalue weighted by atomic mass is 79.9. The van der Waals surface area contributed by atoms with E-state index in [0.29, 0.717) is 21.4 Å². The summed E-state index contributed by atoms with van der Waals surface area (Å²) in [4.78, 5) is 4.03. The molecule has 0 fully saturated rings. The van der Waals surface area contributed by atoms with Crippen molar-refractivity contribution in [2.75, 3.05) is 5.73 Å². The minimum Gasteiger partial charge on any atom is -0.383 e. The SMILES string of the molecule is Cc1ccnc(N)c1C(NN)c1ccc(Br)cc1F. The van der Waals surface area contributed by atoms with Crippen molar-refractivity contribution in [3.8, 4) is 0 Å². The number of rotatable bonds is 3. The molecule has 1 heterocycles. The summed E-state index contributed by atoms with van der Waals surface area (Å²) in [7, 11) is 0. The van der Waals surface area contributed by atoms with Crippen LogP contribution in [-0.2, 0) is 0 Å². The predicted molar refractivity (Wildman–Crippen MR) is 76.7 cm³/mol. The summed E-state index contributed by atoms with van der Waals surface area (Å²) in [5.74, 6) is 5.55. The van der Waals surface area contributed by atoms with Gasteiger partial charge < -0.3 is 5.73 Å². The second-order valence-corrected chi connectivity index (χ2v) is 5.11. The third kappa shape index (κ3) is 2.75. The average Bonchev–Trinajstić information content (AvgIpc) is 2.35. The summed E-state index contributed by atoms with van der Waals surface area (Å²) < 4.78 is 14.7. The van der Waals surface area contributed by atoms with Crippen molar-refractivity contribution < 1.29 is 4.39 Å². The van der Waals surface area contributed by atoms with E-state index in [-0.39, 0.29) is 5.82 Å². The van der Waals surface area contributed by atoms with Gasteiger partial charge in [-0.25, -0.2) is 14.8 Å². The highest BCUT2D eigenvalue weighted by molar-refractivity contribution is 9.10. The van der Waals surface area contributed by atoms with Gasteiger partial charge in [-0.3, -0.25) is 5.84 Å². The number of hydrogen-bond donors (Lipinski definition) is 3. The zero-order chi connectivity index (χ0) is 14.0. The molecule has 0 aliphatic carbocycles. The Kier molecular flexibility index (Phi) is 4.14. The van der Waals surface area contributed by atoms with Gasteiger partial charge in [0, 0.05) is 21.8 Å². The molecule has 0 aliphatic rings. The molecule has 6 heteroatoms. The van der Waals surface area contributed by atoms with E-state index in [0.717, 1.165) is 5.56 Å². The maximum atomic E-state index is 14.0. The van der Waals surface area contributed by atoms with Gasteiger partial charge in [0.1, 0.15) is 11.6 Å². The molecule has 0 aliphatic heterocycles. The molecule has 0 saturated carbocycles. The Balaban J connectivity index is 2.56.